The third-order valence-corrected chi connectivity index (χ3v) is 6.78. The predicted molar refractivity (Wildman–Crippen MR) is 156 cm³/mol. The standard InChI is InChI=1S/C29H24Cl2F3N5O6/c1-2-43-28(42)36-26(40)24(14-35)38-37-18-12-22(30)25(23(31)13-18)44-19-6-7-21-17(11-19)8-9-39(27(21)41)15-16-4-3-5-20(10-16)45-29(32,33)34/h3-7,10-13,24,37-38H,2,8-9,15H2,1H3,(H,36,40,42). The summed E-state index contributed by atoms with van der Waals surface area (Å²) in [5, 5.41) is 11.3. The number of alkyl carbamates (subject to hydrolysis) is 1. The van der Waals surface area contributed by atoms with Crippen molar-refractivity contribution in [1.82, 2.24) is 15.6 Å². The van der Waals surface area contributed by atoms with Gasteiger partial charge in [-0.25, -0.2) is 10.2 Å². The van der Waals surface area contributed by atoms with Crippen molar-refractivity contribution in [2.45, 2.75) is 32.3 Å². The summed E-state index contributed by atoms with van der Waals surface area (Å²) < 4.78 is 52.3. The zero-order valence-electron chi connectivity index (χ0n) is 23.3. The third-order valence-electron chi connectivity index (χ3n) is 6.22. The average molecular weight is 666 g/mol. The van der Waals surface area contributed by atoms with Crippen LogP contribution in [0.15, 0.2) is 54.6 Å². The van der Waals surface area contributed by atoms with E-state index in [0.29, 0.717) is 35.4 Å². The van der Waals surface area contributed by atoms with Crippen LogP contribution >= 0.6 is 23.2 Å². The highest BCUT2D eigenvalue weighted by Crippen LogP contribution is 2.39. The molecule has 0 saturated carbocycles. The number of benzene rings is 3. The summed E-state index contributed by atoms with van der Waals surface area (Å²) in [4.78, 5) is 38.2. The average Bonchev–Trinajstić information content (AvgIpc) is 2.96. The number of hydrogen-bond acceptors (Lipinski definition) is 9. The van der Waals surface area contributed by atoms with Crippen molar-refractivity contribution in [2.75, 3.05) is 18.6 Å². The fraction of sp³-hybridized carbons (Fsp3) is 0.241. The number of anilines is 1. The van der Waals surface area contributed by atoms with Crippen molar-refractivity contribution in [3.8, 4) is 23.3 Å². The molecule has 0 spiro atoms. The van der Waals surface area contributed by atoms with Gasteiger partial charge in [-0.1, -0.05) is 35.3 Å². The summed E-state index contributed by atoms with van der Waals surface area (Å²) in [7, 11) is 0. The van der Waals surface area contributed by atoms with Crippen LogP contribution in [0.3, 0.4) is 0 Å². The number of ether oxygens (including phenoxy) is 3. The Hall–Kier alpha value is -4.71. The second-order valence-corrected chi connectivity index (χ2v) is 10.2. The van der Waals surface area contributed by atoms with E-state index in [0.717, 1.165) is 0 Å². The fourth-order valence-corrected chi connectivity index (χ4v) is 4.85. The Morgan fingerprint density at radius 1 is 1.09 bits per heavy atom. The number of rotatable bonds is 10. The molecule has 1 atom stereocenters. The SMILES string of the molecule is CCOC(=O)NC(=O)C(C#N)NNc1cc(Cl)c(Oc2ccc3c(c2)CCN(Cc2cccc(OC(F)(F)F)c2)C3=O)c(Cl)c1. The van der Waals surface area contributed by atoms with Crippen LogP contribution < -0.4 is 25.6 Å². The molecule has 0 aromatic heterocycles. The van der Waals surface area contributed by atoms with E-state index in [1.807, 2.05) is 5.32 Å². The number of hydrogen-bond donors (Lipinski definition) is 3. The van der Waals surface area contributed by atoms with Gasteiger partial charge in [0.2, 0.25) is 0 Å². The lowest BCUT2D eigenvalue weighted by atomic mass is 9.98. The van der Waals surface area contributed by atoms with E-state index in [9.17, 15) is 32.8 Å². The maximum atomic E-state index is 13.2. The topological polar surface area (TPSA) is 142 Å². The largest absolute Gasteiger partial charge is 0.573 e. The van der Waals surface area contributed by atoms with Gasteiger partial charge in [0.05, 0.1) is 28.4 Å². The Bertz CT molecular complexity index is 1630. The van der Waals surface area contributed by atoms with Crippen molar-refractivity contribution < 1.29 is 41.8 Å². The van der Waals surface area contributed by atoms with Crippen molar-refractivity contribution in [3.05, 3.63) is 81.3 Å². The number of halogens is 5. The molecule has 1 heterocycles. The first-order chi connectivity index (χ1) is 21.4. The summed E-state index contributed by atoms with van der Waals surface area (Å²) >= 11 is 12.8. The number of nitriles is 1. The number of amides is 3. The lowest BCUT2D eigenvalue weighted by Crippen LogP contribution is -2.47. The lowest BCUT2D eigenvalue weighted by molar-refractivity contribution is -0.274. The fourth-order valence-electron chi connectivity index (χ4n) is 4.29. The smallest absolute Gasteiger partial charge is 0.454 e. The number of hydrazine groups is 1. The number of nitrogens with zero attached hydrogens (tertiary/aromatic N) is 2. The quantitative estimate of drug-likeness (QED) is 0.223. The van der Waals surface area contributed by atoms with Crippen LogP contribution in [0.1, 0.15) is 28.4 Å². The van der Waals surface area contributed by atoms with Gasteiger partial charge in [-0.3, -0.25) is 14.9 Å². The highest BCUT2D eigenvalue weighted by molar-refractivity contribution is 6.37. The van der Waals surface area contributed by atoms with E-state index >= 15 is 0 Å². The zero-order valence-corrected chi connectivity index (χ0v) is 24.8. The summed E-state index contributed by atoms with van der Waals surface area (Å²) in [5.74, 6) is -1.16. The van der Waals surface area contributed by atoms with Gasteiger partial charge >= 0.3 is 12.5 Å². The Balaban J connectivity index is 1.40. The van der Waals surface area contributed by atoms with Crippen LogP contribution in [-0.4, -0.2) is 48.4 Å². The normalized spacial score (nSPS) is 13.3. The summed E-state index contributed by atoms with van der Waals surface area (Å²) in [5.41, 5.74) is 6.94. The maximum absolute atomic E-state index is 13.2. The minimum absolute atomic E-state index is 0.0425. The van der Waals surface area contributed by atoms with Crippen molar-refractivity contribution >= 4 is 46.8 Å². The molecule has 3 N–H and O–H groups in total. The molecule has 0 aliphatic carbocycles. The second kappa shape index (κ2) is 14.4. The van der Waals surface area contributed by atoms with Gasteiger partial charge in [0, 0.05) is 18.7 Å². The number of carbonyl (C=O) groups is 3. The molecule has 236 valence electrons. The molecular formula is C29H24Cl2F3N5O6. The van der Waals surface area contributed by atoms with Gasteiger partial charge < -0.3 is 24.5 Å². The second-order valence-electron chi connectivity index (χ2n) is 9.40. The van der Waals surface area contributed by atoms with E-state index < -0.39 is 24.4 Å². The molecule has 11 nitrogen and oxygen atoms in total. The lowest BCUT2D eigenvalue weighted by Gasteiger charge is -2.29. The van der Waals surface area contributed by atoms with Crippen LogP contribution in [0.2, 0.25) is 10.0 Å². The first kappa shape index (κ1) is 33.2. The minimum atomic E-state index is -4.82. The molecule has 0 bridgehead atoms. The van der Waals surface area contributed by atoms with Crippen LogP contribution in [0.25, 0.3) is 0 Å². The Kier molecular flexibility index (Phi) is 10.6. The molecule has 1 unspecified atom stereocenters. The van der Waals surface area contributed by atoms with Gasteiger partial charge in [0.1, 0.15) is 11.5 Å². The number of alkyl halides is 3. The number of fused-ring (bicyclic) bond motifs is 1. The molecule has 0 saturated heterocycles. The molecule has 0 radical (unpaired) electrons. The van der Waals surface area contributed by atoms with Crippen LogP contribution in [-0.2, 0) is 22.5 Å². The monoisotopic (exact) mass is 665 g/mol. The van der Waals surface area contributed by atoms with E-state index in [4.69, 9.17) is 27.9 Å². The number of carbonyl (C=O) groups excluding carboxylic acids is 3. The molecule has 3 aromatic rings. The molecule has 1 aliphatic heterocycles. The molecule has 0 fully saturated rings. The number of nitrogens with one attached hydrogen (secondary N) is 3. The third kappa shape index (κ3) is 8.91. The minimum Gasteiger partial charge on any atom is -0.454 e. The van der Waals surface area contributed by atoms with Crippen molar-refractivity contribution in [3.63, 3.8) is 0 Å². The van der Waals surface area contributed by atoms with Crippen LogP contribution in [0, 0.1) is 11.3 Å². The van der Waals surface area contributed by atoms with E-state index in [1.54, 1.807) is 37.3 Å². The molecule has 3 aromatic carbocycles. The van der Waals surface area contributed by atoms with Crippen molar-refractivity contribution in [2.24, 2.45) is 0 Å². The van der Waals surface area contributed by atoms with E-state index in [2.05, 4.69) is 20.3 Å². The molecule has 16 heteroatoms. The molecule has 3 amide bonds. The number of imide groups is 1. The van der Waals surface area contributed by atoms with Crippen LogP contribution in [0.5, 0.6) is 17.2 Å². The summed E-state index contributed by atoms with van der Waals surface area (Å²) in [6, 6.07) is 13.3. The van der Waals surface area contributed by atoms with Gasteiger partial charge in [-0.15, -0.1) is 13.2 Å². The summed E-state index contributed by atoms with van der Waals surface area (Å²) in [6.45, 7) is 2.01. The highest BCUT2D eigenvalue weighted by Gasteiger charge is 2.31. The summed E-state index contributed by atoms with van der Waals surface area (Å²) in [6.07, 6.45) is -5.36. The Morgan fingerprint density at radius 3 is 2.49 bits per heavy atom. The Morgan fingerprint density at radius 2 is 1.82 bits per heavy atom. The molecule has 45 heavy (non-hydrogen) atoms. The molecule has 1 aliphatic rings. The van der Waals surface area contributed by atoms with Crippen molar-refractivity contribution in [1.29, 1.82) is 5.26 Å². The first-order valence-corrected chi connectivity index (χ1v) is 13.9. The van der Waals surface area contributed by atoms with E-state index in [-0.39, 0.29) is 46.3 Å². The molecule has 4 rings (SSSR count). The van der Waals surface area contributed by atoms with E-state index in [1.165, 1.54) is 35.2 Å². The van der Waals surface area contributed by atoms with Gasteiger partial charge in [0.25, 0.3) is 11.8 Å². The van der Waals surface area contributed by atoms with Gasteiger partial charge in [-0.05, 0) is 66.9 Å². The van der Waals surface area contributed by atoms with Gasteiger partial charge in [0.15, 0.2) is 11.8 Å². The van der Waals surface area contributed by atoms with Crippen LogP contribution in [0.4, 0.5) is 23.7 Å². The van der Waals surface area contributed by atoms with Gasteiger partial charge in [-0.2, -0.15) is 5.26 Å². The highest BCUT2D eigenvalue weighted by atomic mass is 35.5. The Labute approximate surface area is 264 Å². The predicted octanol–water partition coefficient (Wildman–Crippen LogP) is 5.96. The first-order valence-electron chi connectivity index (χ1n) is 13.2. The zero-order chi connectivity index (χ0) is 32.7. The molecular weight excluding hydrogens is 642 g/mol. The maximum Gasteiger partial charge on any atom is 0.573 e.